The maximum absolute atomic E-state index is 11.3. The fraction of sp³-hybridized carbons (Fsp3) is 0.778. The Morgan fingerprint density at radius 1 is 1.40 bits per heavy atom. The first-order chi connectivity index (χ1) is 7.15. The Balaban J connectivity index is 3.74. The van der Waals surface area contributed by atoms with E-state index in [2.05, 4.69) is 10.6 Å². The molecular weight excluding hydrogens is 198 g/mol. The van der Waals surface area contributed by atoms with Gasteiger partial charge in [-0.2, -0.15) is 0 Å². The van der Waals surface area contributed by atoms with Crippen LogP contribution in [0.15, 0.2) is 0 Å². The number of carbonyl (C=O) groups is 2. The van der Waals surface area contributed by atoms with Crippen molar-refractivity contribution in [3.05, 3.63) is 0 Å². The second-order valence-corrected chi connectivity index (χ2v) is 3.03. The average Bonchev–Trinajstić information content (AvgIpc) is 2.25. The summed E-state index contributed by atoms with van der Waals surface area (Å²) in [5.74, 6) is -0.580. The van der Waals surface area contributed by atoms with Crippen molar-refractivity contribution in [2.45, 2.75) is 19.4 Å². The number of amides is 2. The topological polar surface area (TPSA) is 93.5 Å². The highest BCUT2D eigenvalue weighted by Crippen LogP contribution is 1.85. The second kappa shape index (κ2) is 8.19. The zero-order valence-corrected chi connectivity index (χ0v) is 9.21. The predicted octanol–water partition coefficient (Wildman–Crippen LogP) is -1.40. The van der Waals surface area contributed by atoms with Gasteiger partial charge in [0.2, 0.25) is 5.91 Å². The summed E-state index contributed by atoms with van der Waals surface area (Å²) in [6, 6.07) is 0. The lowest BCUT2D eigenvalue weighted by molar-refractivity contribution is -0.132. The average molecular weight is 217 g/mol. The van der Waals surface area contributed by atoms with Crippen molar-refractivity contribution in [1.29, 1.82) is 0 Å². The molecule has 6 heteroatoms. The molecule has 0 saturated carbocycles. The number of ether oxygens (including phenoxy) is 1. The van der Waals surface area contributed by atoms with Crippen LogP contribution in [0.3, 0.4) is 0 Å². The van der Waals surface area contributed by atoms with Crippen molar-refractivity contribution in [1.82, 2.24) is 10.6 Å². The van der Waals surface area contributed by atoms with Gasteiger partial charge in [-0.05, 0) is 6.42 Å². The molecule has 88 valence electrons. The molecular formula is C9H19N3O3. The molecule has 0 aliphatic heterocycles. The minimum atomic E-state index is -0.691. The number of nitrogens with one attached hydrogen (secondary N) is 2. The molecule has 0 saturated heterocycles. The first-order valence-electron chi connectivity index (χ1n) is 4.93. The summed E-state index contributed by atoms with van der Waals surface area (Å²) < 4.78 is 4.81. The summed E-state index contributed by atoms with van der Waals surface area (Å²) in [6.07, 6.45) is 0.174. The Labute approximate surface area is 89.5 Å². The molecule has 0 bridgehead atoms. The number of carbonyl (C=O) groups excluding carboxylic acids is 2. The van der Waals surface area contributed by atoms with Crippen molar-refractivity contribution < 1.29 is 14.3 Å². The summed E-state index contributed by atoms with van der Waals surface area (Å²) in [4.78, 5) is 22.4. The van der Waals surface area contributed by atoms with Gasteiger partial charge < -0.3 is 21.1 Å². The molecule has 0 fully saturated rings. The molecule has 1 unspecified atom stereocenters. The minimum absolute atomic E-state index is 0.0430. The van der Waals surface area contributed by atoms with Crippen LogP contribution in [0.5, 0.6) is 0 Å². The van der Waals surface area contributed by atoms with E-state index in [1.54, 1.807) is 0 Å². The highest BCUT2D eigenvalue weighted by Gasteiger charge is 2.15. The predicted molar refractivity (Wildman–Crippen MR) is 56.2 cm³/mol. The van der Waals surface area contributed by atoms with Gasteiger partial charge in [-0.25, -0.2) is 0 Å². The molecule has 4 N–H and O–H groups in total. The molecule has 0 aromatic rings. The van der Waals surface area contributed by atoms with E-state index < -0.39 is 6.10 Å². The van der Waals surface area contributed by atoms with Crippen LogP contribution in [-0.4, -0.2) is 44.7 Å². The number of hydrogen-bond donors (Lipinski definition) is 3. The first-order valence-corrected chi connectivity index (χ1v) is 4.93. The van der Waals surface area contributed by atoms with Crippen LogP contribution in [0, 0.1) is 0 Å². The van der Waals surface area contributed by atoms with Crippen LogP contribution in [0.25, 0.3) is 0 Å². The van der Waals surface area contributed by atoms with Crippen molar-refractivity contribution in [3.8, 4) is 0 Å². The van der Waals surface area contributed by atoms with Gasteiger partial charge in [-0.1, -0.05) is 6.92 Å². The summed E-state index contributed by atoms with van der Waals surface area (Å²) >= 11 is 0. The normalized spacial score (nSPS) is 11.9. The summed E-state index contributed by atoms with van der Waals surface area (Å²) in [5, 5.41) is 5.07. The maximum Gasteiger partial charge on any atom is 0.250 e. The van der Waals surface area contributed by atoms with Crippen molar-refractivity contribution in [2.75, 3.05) is 26.7 Å². The molecule has 15 heavy (non-hydrogen) atoms. The Hall–Kier alpha value is -1.14. The molecule has 0 aromatic carbocycles. The first kappa shape index (κ1) is 13.9. The SMILES string of the molecule is CCCNC(=O)CNC(=O)C(CN)OC. The number of methoxy groups -OCH3 is 1. The second-order valence-electron chi connectivity index (χ2n) is 3.03. The van der Waals surface area contributed by atoms with Crippen LogP contribution in [0.2, 0.25) is 0 Å². The number of nitrogens with two attached hydrogens (primary N) is 1. The molecule has 0 radical (unpaired) electrons. The summed E-state index contributed by atoms with van der Waals surface area (Å²) in [5.41, 5.74) is 5.28. The molecule has 0 heterocycles. The standard InChI is InChI=1S/C9H19N3O3/c1-3-4-11-8(13)6-12-9(14)7(5-10)15-2/h7H,3-6,10H2,1-2H3,(H,11,13)(H,12,14). The minimum Gasteiger partial charge on any atom is -0.370 e. The van der Waals surface area contributed by atoms with E-state index in [4.69, 9.17) is 10.5 Å². The molecule has 0 spiro atoms. The van der Waals surface area contributed by atoms with E-state index >= 15 is 0 Å². The molecule has 0 aromatic heterocycles. The molecule has 6 nitrogen and oxygen atoms in total. The van der Waals surface area contributed by atoms with Gasteiger partial charge in [0.25, 0.3) is 5.91 Å². The van der Waals surface area contributed by atoms with Crippen LogP contribution in [0.4, 0.5) is 0 Å². The Morgan fingerprint density at radius 3 is 2.53 bits per heavy atom. The van der Waals surface area contributed by atoms with Gasteiger partial charge in [-0.15, -0.1) is 0 Å². The molecule has 0 rings (SSSR count). The van der Waals surface area contributed by atoms with Crippen molar-refractivity contribution >= 4 is 11.8 Å². The lowest BCUT2D eigenvalue weighted by atomic mass is 10.3. The van der Waals surface area contributed by atoms with Crippen molar-refractivity contribution in [3.63, 3.8) is 0 Å². The van der Waals surface area contributed by atoms with E-state index in [0.29, 0.717) is 6.54 Å². The number of hydrogen-bond acceptors (Lipinski definition) is 4. The lowest BCUT2D eigenvalue weighted by Gasteiger charge is -2.12. The van der Waals surface area contributed by atoms with Gasteiger partial charge in [0.1, 0.15) is 6.10 Å². The van der Waals surface area contributed by atoms with E-state index in [9.17, 15) is 9.59 Å². The summed E-state index contributed by atoms with van der Waals surface area (Å²) in [7, 11) is 1.40. The Bertz CT molecular complexity index is 205. The fourth-order valence-electron chi connectivity index (χ4n) is 0.918. The molecule has 0 aliphatic carbocycles. The van der Waals surface area contributed by atoms with Gasteiger partial charge in [-0.3, -0.25) is 9.59 Å². The maximum atomic E-state index is 11.3. The van der Waals surface area contributed by atoms with Gasteiger partial charge in [0.05, 0.1) is 6.54 Å². The van der Waals surface area contributed by atoms with Crippen LogP contribution >= 0.6 is 0 Å². The zero-order chi connectivity index (χ0) is 11.7. The summed E-state index contributed by atoms with van der Waals surface area (Å²) in [6.45, 7) is 2.62. The third-order valence-electron chi connectivity index (χ3n) is 1.79. The van der Waals surface area contributed by atoms with E-state index in [-0.39, 0.29) is 24.9 Å². The Kier molecular flexibility index (Phi) is 7.57. The van der Waals surface area contributed by atoms with Gasteiger partial charge >= 0.3 is 0 Å². The third-order valence-corrected chi connectivity index (χ3v) is 1.79. The van der Waals surface area contributed by atoms with Crippen LogP contribution < -0.4 is 16.4 Å². The van der Waals surface area contributed by atoms with Crippen LogP contribution in [-0.2, 0) is 14.3 Å². The van der Waals surface area contributed by atoms with Gasteiger partial charge in [0.15, 0.2) is 0 Å². The molecule has 0 aliphatic rings. The Morgan fingerprint density at radius 2 is 2.07 bits per heavy atom. The van der Waals surface area contributed by atoms with E-state index in [1.807, 2.05) is 6.92 Å². The van der Waals surface area contributed by atoms with Crippen molar-refractivity contribution in [2.24, 2.45) is 5.73 Å². The third kappa shape index (κ3) is 6.03. The smallest absolute Gasteiger partial charge is 0.250 e. The fourth-order valence-corrected chi connectivity index (χ4v) is 0.918. The van der Waals surface area contributed by atoms with Gasteiger partial charge in [0, 0.05) is 20.2 Å². The van der Waals surface area contributed by atoms with E-state index in [0.717, 1.165) is 6.42 Å². The number of rotatable bonds is 7. The highest BCUT2D eigenvalue weighted by molar-refractivity contribution is 5.86. The molecule has 1 atom stereocenters. The highest BCUT2D eigenvalue weighted by atomic mass is 16.5. The lowest BCUT2D eigenvalue weighted by Crippen LogP contribution is -2.44. The molecule has 2 amide bonds. The largest absolute Gasteiger partial charge is 0.370 e. The zero-order valence-electron chi connectivity index (χ0n) is 9.21. The quantitative estimate of drug-likeness (QED) is 0.489. The van der Waals surface area contributed by atoms with E-state index in [1.165, 1.54) is 7.11 Å². The van der Waals surface area contributed by atoms with Crippen LogP contribution in [0.1, 0.15) is 13.3 Å². The monoisotopic (exact) mass is 217 g/mol.